The lowest BCUT2D eigenvalue weighted by Gasteiger charge is -2.59. The summed E-state index contributed by atoms with van der Waals surface area (Å²) in [7, 11) is 1.81. The van der Waals surface area contributed by atoms with Crippen molar-refractivity contribution in [3.8, 4) is 0 Å². The number of hydrogen-bond acceptors (Lipinski definition) is 3. The van der Waals surface area contributed by atoms with E-state index < -0.39 is 0 Å². The van der Waals surface area contributed by atoms with Crippen molar-refractivity contribution in [1.82, 2.24) is 0 Å². The Labute approximate surface area is 138 Å². The highest BCUT2D eigenvalue weighted by molar-refractivity contribution is 5.91. The predicted octanol–water partition coefficient (Wildman–Crippen LogP) is 3.71. The minimum atomic E-state index is -0.177. The third-order valence-electron chi connectivity index (χ3n) is 7.89. The van der Waals surface area contributed by atoms with Crippen molar-refractivity contribution in [2.45, 2.75) is 64.9 Å². The molecule has 4 rings (SSSR count). The molecule has 0 bridgehead atoms. The number of ketones is 2. The smallest absolute Gasteiger partial charge is 0.155 e. The molecule has 0 aromatic carbocycles. The van der Waals surface area contributed by atoms with Crippen LogP contribution in [0.4, 0.5) is 0 Å². The number of carbonyl (C=O) groups excluding carboxylic acids is 2. The van der Waals surface area contributed by atoms with Crippen LogP contribution in [0, 0.1) is 28.6 Å². The molecule has 4 aliphatic rings. The van der Waals surface area contributed by atoms with Crippen LogP contribution in [0.25, 0.3) is 0 Å². The minimum Gasteiger partial charge on any atom is -0.381 e. The summed E-state index contributed by atoms with van der Waals surface area (Å²) < 4.78 is 5.96. The molecule has 0 aromatic heterocycles. The van der Waals surface area contributed by atoms with Crippen LogP contribution < -0.4 is 0 Å². The minimum absolute atomic E-state index is 0.0878. The molecule has 3 fully saturated rings. The maximum atomic E-state index is 12.6. The lowest BCUT2D eigenvalue weighted by molar-refractivity contribution is -0.152. The van der Waals surface area contributed by atoms with Gasteiger partial charge in [0.05, 0.1) is 6.10 Å². The van der Waals surface area contributed by atoms with Gasteiger partial charge in [0.15, 0.2) is 5.78 Å². The Hall–Kier alpha value is -0.960. The number of allylic oxidation sites excluding steroid dienone is 1. The van der Waals surface area contributed by atoms with Crippen molar-refractivity contribution in [1.29, 1.82) is 0 Å². The van der Waals surface area contributed by atoms with Crippen LogP contribution in [-0.4, -0.2) is 24.8 Å². The van der Waals surface area contributed by atoms with E-state index in [2.05, 4.69) is 13.8 Å². The lowest BCUT2D eigenvalue weighted by Crippen LogP contribution is -2.57. The van der Waals surface area contributed by atoms with E-state index in [-0.39, 0.29) is 16.9 Å². The summed E-state index contributed by atoms with van der Waals surface area (Å²) in [4.78, 5) is 24.5. The maximum Gasteiger partial charge on any atom is 0.155 e. The molecule has 3 saturated carbocycles. The zero-order chi connectivity index (χ0) is 16.4. The van der Waals surface area contributed by atoms with E-state index in [9.17, 15) is 9.59 Å². The van der Waals surface area contributed by atoms with Crippen LogP contribution in [0.5, 0.6) is 0 Å². The molecular formula is C20H28O3. The first kappa shape index (κ1) is 15.6. The number of methoxy groups -OCH3 is 1. The first-order valence-electron chi connectivity index (χ1n) is 9.20. The Bertz CT molecular complexity index is 592. The first-order chi connectivity index (χ1) is 10.9. The molecule has 23 heavy (non-hydrogen) atoms. The molecule has 0 heterocycles. The third-order valence-corrected chi connectivity index (χ3v) is 7.89. The van der Waals surface area contributed by atoms with Crippen LogP contribution in [0.1, 0.15) is 58.8 Å². The number of Topliss-reactive ketones (excluding diaryl/α,β-unsaturated/α-hetero) is 1. The van der Waals surface area contributed by atoms with E-state index in [1.807, 2.05) is 6.08 Å². The summed E-state index contributed by atoms with van der Waals surface area (Å²) in [5, 5.41) is 0. The largest absolute Gasteiger partial charge is 0.381 e. The zero-order valence-electron chi connectivity index (χ0n) is 14.6. The second kappa shape index (κ2) is 5.02. The fourth-order valence-electron chi connectivity index (χ4n) is 6.65. The number of fused-ring (bicyclic) bond motifs is 5. The van der Waals surface area contributed by atoms with Gasteiger partial charge in [-0.05, 0) is 61.3 Å². The Balaban J connectivity index is 1.77. The van der Waals surface area contributed by atoms with Crippen molar-refractivity contribution < 1.29 is 14.3 Å². The molecule has 126 valence electrons. The normalized spacial score (nSPS) is 49.3. The molecule has 0 amide bonds. The average Bonchev–Trinajstić information content (AvgIpc) is 2.82. The molecule has 0 aromatic rings. The standard InChI is InChI=1S/C20H28O3/c1-19-9-8-13(21)10-12(19)4-5-14-15-6-7-17(22)20(15,2)11-16(23-3)18(14)19/h10,14-16,18H,4-9,11H2,1-3H3/t14-,15-,16-,18+,19-,20-/m0/s1. The van der Waals surface area contributed by atoms with Crippen LogP contribution in [-0.2, 0) is 14.3 Å². The predicted molar refractivity (Wildman–Crippen MR) is 87.9 cm³/mol. The summed E-state index contributed by atoms with van der Waals surface area (Å²) >= 11 is 0. The van der Waals surface area contributed by atoms with Crippen molar-refractivity contribution in [2.24, 2.45) is 28.6 Å². The van der Waals surface area contributed by atoms with E-state index in [0.717, 1.165) is 38.5 Å². The van der Waals surface area contributed by atoms with Crippen molar-refractivity contribution in [3.63, 3.8) is 0 Å². The Morgan fingerprint density at radius 1 is 1.09 bits per heavy atom. The fraction of sp³-hybridized carbons (Fsp3) is 0.800. The maximum absolute atomic E-state index is 12.6. The summed E-state index contributed by atoms with van der Waals surface area (Å²) in [6.07, 6.45) is 8.51. The third kappa shape index (κ3) is 1.98. The molecule has 6 atom stereocenters. The topological polar surface area (TPSA) is 43.4 Å². The fourth-order valence-corrected chi connectivity index (χ4v) is 6.65. The molecule has 0 aliphatic heterocycles. The highest BCUT2D eigenvalue weighted by atomic mass is 16.5. The average molecular weight is 316 g/mol. The van der Waals surface area contributed by atoms with Gasteiger partial charge in [-0.1, -0.05) is 19.4 Å². The van der Waals surface area contributed by atoms with Crippen LogP contribution in [0.2, 0.25) is 0 Å². The van der Waals surface area contributed by atoms with Gasteiger partial charge in [-0.25, -0.2) is 0 Å². The van der Waals surface area contributed by atoms with Gasteiger partial charge in [-0.2, -0.15) is 0 Å². The summed E-state index contributed by atoms with van der Waals surface area (Å²) in [6, 6.07) is 0. The SMILES string of the molecule is CO[C@H]1C[C@]2(C)C(=O)CC[C@H]2[C@@H]2CCC3=CC(=O)CC[C@]3(C)[C@H]21. The number of carbonyl (C=O) groups is 2. The van der Waals surface area contributed by atoms with Gasteiger partial charge in [0, 0.05) is 25.4 Å². The molecule has 0 saturated heterocycles. The van der Waals surface area contributed by atoms with E-state index >= 15 is 0 Å². The first-order valence-corrected chi connectivity index (χ1v) is 9.20. The van der Waals surface area contributed by atoms with Gasteiger partial charge in [0.2, 0.25) is 0 Å². The monoisotopic (exact) mass is 316 g/mol. The highest BCUT2D eigenvalue weighted by Crippen LogP contribution is 2.64. The highest BCUT2D eigenvalue weighted by Gasteiger charge is 2.62. The molecular weight excluding hydrogens is 288 g/mol. The van der Waals surface area contributed by atoms with E-state index in [1.54, 1.807) is 7.11 Å². The Kier molecular flexibility index (Phi) is 3.39. The van der Waals surface area contributed by atoms with Gasteiger partial charge in [0.25, 0.3) is 0 Å². The molecule has 3 heteroatoms. The number of hydrogen-bond donors (Lipinski definition) is 0. The molecule has 0 radical (unpaired) electrons. The van der Waals surface area contributed by atoms with Crippen molar-refractivity contribution in [2.75, 3.05) is 7.11 Å². The Morgan fingerprint density at radius 2 is 1.87 bits per heavy atom. The van der Waals surface area contributed by atoms with E-state index in [1.165, 1.54) is 5.57 Å². The van der Waals surface area contributed by atoms with Crippen LogP contribution >= 0.6 is 0 Å². The Morgan fingerprint density at radius 3 is 2.61 bits per heavy atom. The van der Waals surface area contributed by atoms with Crippen molar-refractivity contribution >= 4 is 11.6 Å². The van der Waals surface area contributed by atoms with Gasteiger partial charge in [-0.3, -0.25) is 9.59 Å². The summed E-state index contributed by atoms with van der Waals surface area (Å²) in [6.45, 7) is 4.54. The van der Waals surface area contributed by atoms with E-state index in [0.29, 0.717) is 35.7 Å². The molecule has 4 aliphatic carbocycles. The van der Waals surface area contributed by atoms with Crippen LogP contribution in [0.15, 0.2) is 11.6 Å². The van der Waals surface area contributed by atoms with Gasteiger partial charge >= 0.3 is 0 Å². The van der Waals surface area contributed by atoms with Gasteiger partial charge in [-0.15, -0.1) is 0 Å². The van der Waals surface area contributed by atoms with Gasteiger partial charge < -0.3 is 4.74 Å². The molecule has 3 nitrogen and oxygen atoms in total. The molecule has 0 unspecified atom stereocenters. The number of rotatable bonds is 1. The zero-order valence-corrected chi connectivity index (χ0v) is 14.6. The summed E-state index contributed by atoms with van der Waals surface area (Å²) in [5.41, 5.74) is 1.26. The quantitative estimate of drug-likeness (QED) is 0.740. The van der Waals surface area contributed by atoms with Gasteiger partial charge in [0.1, 0.15) is 5.78 Å². The van der Waals surface area contributed by atoms with Crippen LogP contribution in [0.3, 0.4) is 0 Å². The second-order valence-corrected chi connectivity index (χ2v) is 8.75. The second-order valence-electron chi connectivity index (χ2n) is 8.75. The molecule has 0 spiro atoms. The summed E-state index contributed by atoms with van der Waals surface area (Å²) in [5.74, 6) is 2.29. The molecule has 0 N–H and O–H groups in total. The lowest BCUT2D eigenvalue weighted by atomic mass is 9.46. The van der Waals surface area contributed by atoms with Crippen molar-refractivity contribution in [3.05, 3.63) is 11.6 Å². The number of ether oxygens (including phenoxy) is 1. The van der Waals surface area contributed by atoms with E-state index in [4.69, 9.17) is 4.74 Å².